The number of primary amides is 1. The molecule has 4 heteroatoms. The third-order valence-corrected chi connectivity index (χ3v) is 3.15. The van der Waals surface area contributed by atoms with Crippen molar-refractivity contribution in [2.75, 3.05) is 13.1 Å². The Morgan fingerprint density at radius 3 is 2.50 bits per heavy atom. The van der Waals surface area contributed by atoms with Gasteiger partial charge in [0.2, 0.25) is 5.91 Å². The quantitative estimate of drug-likeness (QED) is 0.675. The van der Waals surface area contributed by atoms with E-state index in [1.54, 1.807) is 6.92 Å². The normalized spacial score (nSPS) is 26.0. The van der Waals surface area contributed by atoms with Crippen LogP contribution in [0.5, 0.6) is 0 Å². The predicted molar refractivity (Wildman–Crippen MR) is 56.7 cm³/mol. The van der Waals surface area contributed by atoms with Crippen LogP contribution in [-0.2, 0) is 4.79 Å². The maximum atomic E-state index is 11.1. The summed E-state index contributed by atoms with van der Waals surface area (Å²) in [4.78, 5) is 13.3. The highest BCUT2D eigenvalue weighted by molar-refractivity contribution is 5.84. The van der Waals surface area contributed by atoms with Crippen molar-refractivity contribution < 1.29 is 4.79 Å². The zero-order valence-corrected chi connectivity index (χ0v) is 9.34. The van der Waals surface area contributed by atoms with E-state index in [0.717, 1.165) is 13.0 Å². The van der Waals surface area contributed by atoms with E-state index in [2.05, 4.69) is 18.7 Å². The molecule has 0 spiro atoms. The highest BCUT2D eigenvalue weighted by Gasteiger charge is 2.37. The number of carbonyl (C=O) groups is 1. The molecule has 0 aliphatic carbocycles. The van der Waals surface area contributed by atoms with Crippen LogP contribution in [0.25, 0.3) is 0 Å². The topological polar surface area (TPSA) is 72.3 Å². The lowest BCUT2D eigenvalue weighted by Crippen LogP contribution is -2.59. The van der Waals surface area contributed by atoms with Crippen molar-refractivity contribution in [2.24, 2.45) is 11.5 Å². The Morgan fingerprint density at radius 1 is 1.57 bits per heavy atom. The Morgan fingerprint density at radius 2 is 2.14 bits per heavy atom. The van der Waals surface area contributed by atoms with Crippen molar-refractivity contribution >= 4 is 5.91 Å². The number of carbonyl (C=O) groups excluding carboxylic acids is 1. The maximum Gasteiger partial charge on any atom is 0.238 e. The van der Waals surface area contributed by atoms with Gasteiger partial charge in [-0.3, -0.25) is 9.69 Å². The first kappa shape index (κ1) is 11.5. The van der Waals surface area contributed by atoms with Gasteiger partial charge in [0, 0.05) is 12.1 Å². The molecule has 1 aliphatic rings. The molecule has 1 amide bonds. The van der Waals surface area contributed by atoms with Crippen molar-refractivity contribution in [2.45, 2.75) is 44.7 Å². The number of amides is 1. The average Bonchev–Trinajstić information content (AvgIpc) is 2.30. The lowest BCUT2D eigenvalue weighted by atomic mass is 9.97. The average molecular weight is 199 g/mol. The van der Waals surface area contributed by atoms with Gasteiger partial charge in [-0.05, 0) is 40.2 Å². The molecular formula is C10H21N3O. The summed E-state index contributed by atoms with van der Waals surface area (Å²) in [5.41, 5.74) is 10.3. The van der Waals surface area contributed by atoms with E-state index >= 15 is 0 Å². The van der Waals surface area contributed by atoms with Crippen molar-refractivity contribution in [3.63, 3.8) is 0 Å². The van der Waals surface area contributed by atoms with Crippen LogP contribution in [0.1, 0.15) is 33.6 Å². The first-order valence-electron chi connectivity index (χ1n) is 5.09. The molecule has 14 heavy (non-hydrogen) atoms. The fourth-order valence-electron chi connectivity index (χ4n) is 1.93. The molecule has 0 aromatic carbocycles. The number of rotatable bonds is 3. The Balaban J connectivity index is 2.65. The SMILES string of the molecule is CC(N)(CN1CCCC1(C)C)C(N)=O. The summed E-state index contributed by atoms with van der Waals surface area (Å²) in [5, 5.41) is 0. The van der Waals surface area contributed by atoms with Gasteiger partial charge < -0.3 is 11.5 Å². The second kappa shape index (κ2) is 3.51. The highest BCUT2D eigenvalue weighted by atomic mass is 16.1. The lowest BCUT2D eigenvalue weighted by Gasteiger charge is -2.36. The molecule has 4 N–H and O–H groups in total. The van der Waals surface area contributed by atoms with Gasteiger partial charge in [-0.15, -0.1) is 0 Å². The molecule has 1 fully saturated rings. The Kier molecular flexibility index (Phi) is 2.88. The molecule has 1 rings (SSSR count). The Bertz CT molecular complexity index is 236. The summed E-state index contributed by atoms with van der Waals surface area (Å²) >= 11 is 0. The fourth-order valence-corrected chi connectivity index (χ4v) is 1.93. The number of hydrogen-bond donors (Lipinski definition) is 2. The first-order chi connectivity index (χ1) is 6.26. The molecule has 0 bridgehead atoms. The minimum absolute atomic E-state index is 0.149. The molecule has 0 radical (unpaired) electrons. The lowest BCUT2D eigenvalue weighted by molar-refractivity contribution is -0.123. The van der Waals surface area contributed by atoms with Gasteiger partial charge in [-0.2, -0.15) is 0 Å². The summed E-state index contributed by atoms with van der Waals surface area (Å²) < 4.78 is 0. The number of nitrogens with zero attached hydrogens (tertiary/aromatic N) is 1. The van der Waals surface area contributed by atoms with E-state index < -0.39 is 11.4 Å². The molecule has 1 atom stereocenters. The third-order valence-electron chi connectivity index (χ3n) is 3.15. The molecule has 0 aromatic heterocycles. The Labute approximate surface area is 85.6 Å². The van der Waals surface area contributed by atoms with Crippen LogP contribution in [0.3, 0.4) is 0 Å². The highest BCUT2D eigenvalue weighted by Crippen LogP contribution is 2.28. The monoisotopic (exact) mass is 199 g/mol. The van der Waals surface area contributed by atoms with Crippen LogP contribution in [0, 0.1) is 0 Å². The largest absolute Gasteiger partial charge is 0.368 e. The second-order valence-corrected chi connectivity index (χ2v) is 5.12. The standard InChI is InChI=1S/C10H21N3O/c1-9(2)5-4-6-13(9)7-10(3,12)8(11)14/h4-7,12H2,1-3H3,(H2,11,14). The van der Waals surface area contributed by atoms with Gasteiger partial charge >= 0.3 is 0 Å². The van der Waals surface area contributed by atoms with Crippen LogP contribution in [-0.4, -0.2) is 35.0 Å². The molecule has 0 saturated carbocycles. The van der Waals surface area contributed by atoms with Crippen molar-refractivity contribution in [3.05, 3.63) is 0 Å². The zero-order valence-electron chi connectivity index (χ0n) is 9.34. The second-order valence-electron chi connectivity index (χ2n) is 5.12. The van der Waals surface area contributed by atoms with Gasteiger partial charge in [-0.25, -0.2) is 0 Å². The Hall–Kier alpha value is -0.610. The molecular weight excluding hydrogens is 178 g/mol. The summed E-state index contributed by atoms with van der Waals surface area (Å²) in [6.07, 6.45) is 2.32. The minimum atomic E-state index is -0.915. The van der Waals surface area contributed by atoms with Crippen LogP contribution in [0.2, 0.25) is 0 Å². The maximum absolute atomic E-state index is 11.1. The minimum Gasteiger partial charge on any atom is -0.368 e. The van der Waals surface area contributed by atoms with Crippen molar-refractivity contribution in [3.8, 4) is 0 Å². The summed E-state index contributed by atoms with van der Waals surface area (Å²) in [6.45, 7) is 7.61. The zero-order chi connectivity index (χ0) is 11.0. The fraction of sp³-hybridized carbons (Fsp3) is 0.900. The molecule has 4 nitrogen and oxygen atoms in total. The van der Waals surface area contributed by atoms with E-state index in [4.69, 9.17) is 11.5 Å². The van der Waals surface area contributed by atoms with Gasteiger partial charge in [0.05, 0.1) is 0 Å². The molecule has 0 aromatic rings. The van der Waals surface area contributed by atoms with Crippen LogP contribution >= 0.6 is 0 Å². The van der Waals surface area contributed by atoms with Crippen molar-refractivity contribution in [1.82, 2.24) is 4.90 Å². The molecule has 82 valence electrons. The van der Waals surface area contributed by atoms with Gasteiger partial charge in [0.25, 0.3) is 0 Å². The molecule has 1 unspecified atom stereocenters. The molecule has 1 saturated heterocycles. The van der Waals surface area contributed by atoms with Crippen LogP contribution in [0.15, 0.2) is 0 Å². The summed E-state index contributed by atoms with van der Waals surface area (Å²) in [7, 11) is 0. The summed E-state index contributed by atoms with van der Waals surface area (Å²) in [5.74, 6) is -0.430. The van der Waals surface area contributed by atoms with E-state index in [9.17, 15) is 4.79 Å². The number of hydrogen-bond acceptors (Lipinski definition) is 3. The van der Waals surface area contributed by atoms with E-state index in [0.29, 0.717) is 6.54 Å². The van der Waals surface area contributed by atoms with E-state index in [1.807, 2.05) is 0 Å². The van der Waals surface area contributed by atoms with Crippen LogP contribution < -0.4 is 11.5 Å². The summed E-state index contributed by atoms with van der Waals surface area (Å²) in [6, 6.07) is 0. The molecule has 1 heterocycles. The predicted octanol–water partition coefficient (Wildman–Crippen LogP) is 0.0635. The first-order valence-corrected chi connectivity index (χ1v) is 5.09. The van der Waals surface area contributed by atoms with E-state index in [-0.39, 0.29) is 5.54 Å². The van der Waals surface area contributed by atoms with Gasteiger partial charge in [-0.1, -0.05) is 0 Å². The smallest absolute Gasteiger partial charge is 0.238 e. The molecule has 1 aliphatic heterocycles. The van der Waals surface area contributed by atoms with Gasteiger partial charge in [0.1, 0.15) is 5.54 Å². The van der Waals surface area contributed by atoms with Crippen molar-refractivity contribution in [1.29, 1.82) is 0 Å². The van der Waals surface area contributed by atoms with E-state index in [1.165, 1.54) is 6.42 Å². The number of nitrogens with two attached hydrogens (primary N) is 2. The number of likely N-dealkylation sites (tertiary alicyclic amines) is 1. The van der Waals surface area contributed by atoms with Gasteiger partial charge in [0.15, 0.2) is 0 Å². The van der Waals surface area contributed by atoms with Crippen LogP contribution in [0.4, 0.5) is 0 Å². The third kappa shape index (κ3) is 2.25.